The molecule has 0 spiro atoms. The van der Waals surface area contributed by atoms with Crippen LogP contribution in [0.25, 0.3) is 0 Å². The Balaban J connectivity index is 1.92. The van der Waals surface area contributed by atoms with Crippen LogP contribution in [0.2, 0.25) is 0 Å². The molecule has 2 rings (SSSR count). The summed E-state index contributed by atoms with van der Waals surface area (Å²) >= 11 is 0. The molecule has 1 atom stereocenters. The van der Waals surface area contributed by atoms with Crippen LogP contribution in [-0.2, 0) is 4.79 Å². The summed E-state index contributed by atoms with van der Waals surface area (Å²) in [6.45, 7) is 1.37. The van der Waals surface area contributed by atoms with Gasteiger partial charge in [-0.1, -0.05) is 0 Å². The number of piperidine rings is 1. The van der Waals surface area contributed by atoms with Crippen molar-refractivity contribution in [3.63, 3.8) is 0 Å². The van der Waals surface area contributed by atoms with Gasteiger partial charge in [-0.05, 0) is 25.7 Å². The summed E-state index contributed by atoms with van der Waals surface area (Å²) < 4.78 is 0. The lowest BCUT2D eigenvalue weighted by atomic mass is 9.86. The van der Waals surface area contributed by atoms with Crippen molar-refractivity contribution in [2.75, 3.05) is 13.1 Å². The van der Waals surface area contributed by atoms with Crippen LogP contribution >= 0.6 is 0 Å². The molecule has 2 fully saturated rings. The summed E-state index contributed by atoms with van der Waals surface area (Å²) in [5, 5.41) is 28.0. The number of carboxylic acid groups (broad SMARTS) is 1. The summed E-state index contributed by atoms with van der Waals surface area (Å²) in [5.74, 6) is -1.34. The molecule has 2 aliphatic rings. The molecule has 5 heteroatoms. The summed E-state index contributed by atoms with van der Waals surface area (Å²) in [5.41, 5.74) is -1.43. The van der Waals surface area contributed by atoms with Gasteiger partial charge in [0.1, 0.15) is 5.60 Å². The molecule has 0 aromatic rings. The zero-order valence-electron chi connectivity index (χ0n) is 8.59. The molecule has 5 nitrogen and oxygen atoms in total. The predicted octanol–water partition coefficient (Wildman–Crippen LogP) is -0.579. The number of hydrogen-bond acceptors (Lipinski definition) is 4. The molecule has 1 aliphatic heterocycles. The van der Waals surface area contributed by atoms with Gasteiger partial charge in [0.05, 0.1) is 0 Å². The number of aliphatic carboxylic acids is 1. The predicted molar refractivity (Wildman–Crippen MR) is 52.4 cm³/mol. The van der Waals surface area contributed by atoms with Crippen molar-refractivity contribution in [1.29, 1.82) is 0 Å². The maximum absolute atomic E-state index is 10.6. The molecule has 0 aromatic heterocycles. The van der Waals surface area contributed by atoms with E-state index in [2.05, 4.69) is 4.90 Å². The second-order valence-electron chi connectivity index (χ2n) is 4.61. The van der Waals surface area contributed by atoms with Gasteiger partial charge in [-0.3, -0.25) is 0 Å². The van der Waals surface area contributed by atoms with E-state index in [1.54, 1.807) is 0 Å². The van der Waals surface area contributed by atoms with E-state index >= 15 is 0 Å². The van der Waals surface area contributed by atoms with Crippen molar-refractivity contribution >= 4 is 5.97 Å². The van der Waals surface area contributed by atoms with Crippen LogP contribution in [0.15, 0.2) is 0 Å². The van der Waals surface area contributed by atoms with Crippen LogP contribution in [0.4, 0.5) is 0 Å². The van der Waals surface area contributed by atoms with Crippen molar-refractivity contribution in [2.24, 2.45) is 0 Å². The molecule has 0 radical (unpaired) electrons. The largest absolute Gasteiger partial charge is 0.479 e. The Bertz CT molecular complexity index is 256. The Kier molecular flexibility index (Phi) is 2.70. The van der Waals surface area contributed by atoms with E-state index in [-0.39, 0.29) is 0 Å². The monoisotopic (exact) mass is 215 g/mol. The Morgan fingerprint density at radius 3 is 2.27 bits per heavy atom. The first kappa shape index (κ1) is 10.9. The second kappa shape index (κ2) is 3.73. The summed E-state index contributed by atoms with van der Waals surface area (Å²) in [6.07, 6.45) is 1.45. The van der Waals surface area contributed by atoms with Crippen molar-refractivity contribution in [3.8, 4) is 0 Å². The molecule has 86 valence electrons. The zero-order chi connectivity index (χ0) is 11.1. The minimum absolute atomic E-state index is 0.344. The highest BCUT2D eigenvalue weighted by molar-refractivity contribution is 5.73. The van der Waals surface area contributed by atoms with Gasteiger partial charge in [-0.25, -0.2) is 4.79 Å². The molecule has 3 N–H and O–H groups in total. The van der Waals surface area contributed by atoms with E-state index in [0.717, 1.165) is 0 Å². The van der Waals surface area contributed by atoms with Crippen LogP contribution in [0.5, 0.6) is 0 Å². The first-order valence-corrected chi connectivity index (χ1v) is 5.40. The van der Waals surface area contributed by atoms with Crippen LogP contribution < -0.4 is 0 Å². The lowest BCUT2D eigenvalue weighted by Gasteiger charge is -2.39. The topological polar surface area (TPSA) is 81.0 Å². The highest BCUT2D eigenvalue weighted by Gasteiger charge is 2.44. The minimum Gasteiger partial charge on any atom is -0.479 e. The number of rotatable bonds is 3. The molecule has 1 heterocycles. The fourth-order valence-corrected chi connectivity index (χ4v) is 2.22. The standard InChI is InChI=1S/C10H17NO4/c12-8(9(13)14)10(15)3-5-11(6-4-10)7-1-2-7/h7-8,12,15H,1-6H2,(H,13,14). The third kappa shape index (κ3) is 2.14. The number of carbonyl (C=O) groups is 1. The van der Waals surface area contributed by atoms with E-state index in [9.17, 15) is 15.0 Å². The highest BCUT2D eigenvalue weighted by atomic mass is 16.4. The first-order chi connectivity index (χ1) is 7.03. The van der Waals surface area contributed by atoms with Gasteiger partial charge in [0, 0.05) is 19.1 Å². The van der Waals surface area contributed by atoms with Gasteiger partial charge >= 0.3 is 5.97 Å². The zero-order valence-corrected chi connectivity index (χ0v) is 8.59. The van der Waals surface area contributed by atoms with Gasteiger partial charge in [-0.15, -0.1) is 0 Å². The molecule has 0 aromatic carbocycles. The van der Waals surface area contributed by atoms with Gasteiger partial charge in [-0.2, -0.15) is 0 Å². The molecular weight excluding hydrogens is 198 g/mol. The number of aliphatic hydroxyl groups excluding tert-OH is 1. The van der Waals surface area contributed by atoms with Gasteiger partial charge < -0.3 is 20.2 Å². The normalized spacial score (nSPS) is 28.7. The van der Waals surface area contributed by atoms with Crippen LogP contribution in [0, 0.1) is 0 Å². The van der Waals surface area contributed by atoms with E-state index in [1.807, 2.05) is 0 Å². The lowest BCUT2D eigenvalue weighted by molar-refractivity contribution is -0.169. The Morgan fingerprint density at radius 1 is 1.33 bits per heavy atom. The molecule has 15 heavy (non-hydrogen) atoms. The molecular formula is C10H17NO4. The van der Waals surface area contributed by atoms with E-state index in [0.29, 0.717) is 32.0 Å². The van der Waals surface area contributed by atoms with E-state index in [4.69, 9.17) is 5.11 Å². The maximum Gasteiger partial charge on any atom is 0.335 e. The van der Waals surface area contributed by atoms with Crippen molar-refractivity contribution in [3.05, 3.63) is 0 Å². The molecule has 0 amide bonds. The second-order valence-corrected chi connectivity index (χ2v) is 4.61. The first-order valence-electron chi connectivity index (χ1n) is 5.40. The average molecular weight is 215 g/mol. The number of aliphatic hydroxyl groups is 2. The lowest BCUT2D eigenvalue weighted by Crippen LogP contribution is -2.54. The molecule has 1 saturated carbocycles. The molecule has 0 bridgehead atoms. The number of hydrogen-bond donors (Lipinski definition) is 3. The molecule has 1 saturated heterocycles. The smallest absolute Gasteiger partial charge is 0.335 e. The van der Waals surface area contributed by atoms with Crippen LogP contribution in [0.3, 0.4) is 0 Å². The SMILES string of the molecule is O=C(O)C(O)C1(O)CCN(C2CC2)CC1. The average Bonchev–Trinajstić information content (AvgIpc) is 3.01. The van der Waals surface area contributed by atoms with E-state index < -0.39 is 17.7 Å². The van der Waals surface area contributed by atoms with Crippen molar-refractivity contribution < 1.29 is 20.1 Å². The third-order valence-electron chi connectivity index (χ3n) is 3.47. The van der Waals surface area contributed by atoms with Crippen LogP contribution in [0.1, 0.15) is 25.7 Å². The summed E-state index contributed by atoms with van der Waals surface area (Å²) in [4.78, 5) is 12.9. The highest BCUT2D eigenvalue weighted by Crippen LogP contribution is 2.33. The van der Waals surface area contributed by atoms with Crippen molar-refractivity contribution in [2.45, 2.75) is 43.4 Å². The van der Waals surface area contributed by atoms with Gasteiger partial charge in [0.2, 0.25) is 0 Å². The van der Waals surface area contributed by atoms with E-state index in [1.165, 1.54) is 12.8 Å². The van der Waals surface area contributed by atoms with Gasteiger partial charge in [0.25, 0.3) is 0 Å². The van der Waals surface area contributed by atoms with Crippen molar-refractivity contribution in [1.82, 2.24) is 4.90 Å². The van der Waals surface area contributed by atoms with Crippen LogP contribution in [-0.4, -0.2) is 57.0 Å². The molecule has 1 unspecified atom stereocenters. The Morgan fingerprint density at radius 2 is 1.87 bits per heavy atom. The quantitative estimate of drug-likeness (QED) is 0.587. The van der Waals surface area contributed by atoms with Gasteiger partial charge in [0.15, 0.2) is 6.10 Å². The Hall–Kier alpha value is -0.650. The third-order valence-corrected chi connectivity index (χ3v) is 3.47. The number of carboxylic acids is 1. The Labute approximate surface area is 88.3 Å². The number of likely N-dealkylation sites (tertiary alicyclic amines) is 1. The fourth-order valence-electron chi connectivity index (χ4n) is 2.22. The fraction of sp³-hybridized carbons (Fsp3) is 0.900. The minimum atomic E-state index is -1.65. The maximum atomic E-state index is 10.6. The summed E-state index contributed by atoms with van der Waals surface area (Å²) in [6, 6.07) is 0.636. The molecule has 1 aliphatic carbocycles. The summed E-state index contributed by atoms with van der Waals surface area (Å²) in [7, 11) is 0. The number of nitrogens with zero attached hydrogens (tertiary/aromatic N) is 1.